The Balaban J connectivity index is 1.49. The van der Waals surface area contributed by atoms with Crippen molar-refractivity contribution in [2.45, 2.75) is 77.6 Å². The fraction of sp³-hybridized carbons (Fsp3) is 0.500. The van der Waals surface area contributed by atoms with Crippen molar-refractivity contribution in [3.63, 3.8) is 0 Å². The molecule has 0 aromatic heterocycles. The molecule has 1 aliphatic rings. The van der Waals surface area contributed by atoms with Gasteiger partial charge >= 0.3 is 5.97 Å². The standard InChI is InChI=1S/C26H34O3/c1-3-4-5-6-7-8-11-18-28-26(27)20(2)22-16-17-25-23(19-22)15-14-21-12-9-10-13-24(21)29-25/h9-10,12-13,16-17,19-20H,3-8,11,14-15,18H2,1-2H3. The first-order valence-electron chi connectivity index (χ1n) is 11.2. The molecule has 0 bridgehead atoms. The molecular weight excluding hydrogens is 360 g/mol. The molecule has 1 aliphatic heterocycles. The van der Waals surface area contributed by atoms with E-state index in [1.54, 1.807) is 0 Å². The molecule has 3 nitrogen and oxygen atoms in total. The number of benzene rings is 2. The second-order valence-corrected chi connectivity index (χ2v) is 8.09. The highest BCUT2D eigenvalue weighted by atomic mass is 16.5. The predicted molar refractivity (Wildman–Crippen MR) is 118 cm³/mol. The molecule has 0 radical (unpaired) electrons. The van der Waals surface area contributed by atoms with E-state index in [0.29, 0.717) is 6.61 Å². The SMILES string of the molecule is CCCCCCCCCOC(=O)C(C)c1ccc2c(c1)CCc1ccccc1O2. The molecule has 0 fully saturated rings. The maximum Gasteiger partial charge on any atom is 0.313 e. The summed E-state index contributed by atoms with van der Waals surface area (Å²) < 4.78 is 11.6. The topological polar surface area (TPSA) is 35.5 Å². The van der Waals surface area contributed by atoms with Crippen LogP contribution < -0.4 is 4.74 Å². The normalized spacial score (nSPS) is 13.6. The average molecular weight is 395 g/mol. The van der Waals surface area contributed by atoms with Gasteiger partial charge in [0, 0.05) is 0 Å². The highest BCUT2D eigenvalue weighted by Gasteiger charge is 2.20. The first-order chi connectivity index (χ1) is 14.2. The number of carbonyl (C=O) groups excluding carboxylic acids is 1. The number of hydrogen-bond acceptors (Lipinski definition) is 3. The van der Waals surface area contributed by atoms with E-state index >= 15 is 0 Å². The number of hydrogen-bond donors (Lipinski definition) is 0. The van der Waals surface area contributed by atoms with Gasteiger partial charge in [-0.2, -0.15) is 0 Å². The molecule has 29 heavy (non-hydrogen) atoms. The van der Waals surface area contributed by atoms with Crippen LogP contribution in [0.25, 0.3) is 0 Å². The minimum atomic E-state index is -0.254. The molecule has 0 saturated heterocycles. The summed E-state index contributed by atoms with van der Waals surface area (Å²) in [7, 11) is 0. The van der Waals surface area contributed by atoms with Crippen LogP contribution in [0, 0.1) is 0 Å². The zero-order valence-electron chi connectivity index (χ0n) is 17.9. The monoisotopic (exact) mass is 394 g/mol. The average Bonchev–Trinajstić information content (AvgIpc) is 2.93. The molecule has 0 amide bonds. The Morgan fingerprint density at radius 2 is 1.62 bits per heavy atom. The van der Waals surface area contributed by atoms with Crippen molar-refractivity contribution in [2.24, 2.45) is 0 Å². The summed E-state index contributed by atoms with van der Waals surface area (Å²) in [4.78, 5) is 12.5. The lowest BCUT2D eigenvalue weighted by atomic mass is 9.96. The van der Waals surface area contributed by atoms with E-state index in [-0.39, 0.29) is 11.9 Å². The molecule has 0 saturated carbocycles. The fourth-order valence-corrected chi connectivity index (χ4v) is 3.85. The Labute approximate surface area is 175 Å². The summed E-state index contributed by atoms with van der Waals surface area (Å²) in [6.07, 6.45) is 10.4. The Morgan fingerprint density at radius 1 is 0.931 bits per heavy atom. The van der Waals surface area contributed by atoms with Gasteiger partial charge in [-0.3, -0.25) is 4.79 Å². The van der Waals surface area contributed by atoms with Crippen molar-refractivity contribution < 1.29 is 14.3 Å². The number of aryl methyl sites for hydroxylation is 2. The first kappa shape index (κ1) is 21.4. The summed E-state index contributed by atoms with van der Waals surface area (Å²) in [5.41, 5.74) is 3.39. The van der Waals surface area contributed by atoms with E-state index in [0.717, 1.165) is 48.3 Å². The van der Waals surface area contributed by atoms with Crippen LogP contribution in [-0.2, 0) is 22.4 Å². The number of para-hydroxylation sites is 1. The van der Waals surface area contributed by atoms with Crippen molar-refractivity contribution in [2.75, 3.05) is 6.61 Å². The molecule has 2 aromatic carbocycles. The lowest BCUT2D eigenvalue weighted by Crippen LogP contribution is -2.14. The van der Waals surface area contributed by atoms with Crippen LogP contribution in [0.3, 0.4) is 0 Å². The van der Waals surface area contributed by atoms with E-state index in [1.165, 1.54) is 37.7 Å². The summed E-state index contributed by atoms with van der Waals surface area (Å²) in [5, 5.41) is 0. The lowest BCUT2D eigenvalue weighted by molar-refractivity contribution is -0.145. The quantitative estimate of drug-likeness (QED) is 0.322. The number of fused-ring (bicyclic) bond motifs is 2. The smallest absolute Gasteiger partial charge is 0.313 e. The van der Waals surface area contributed by atoms with Crippen molar-refractivity contribution in [3.8, 4) is 11.5 Å². The fourth-order valence-electron chi connectivity index (χ4n) is 3.85. The molecule has 3 rings (SSSR count). The highest BCUT2D eigenvalue weighted by molar-refractivity contribution is 5.77. The third-order valence-electron chi connectivity index (χ3n) is 5.79. The molecule has 1 heterocycles. The van der Waals surface area contributed by atoms with Crippen LogP contribution in [0.2, 0.25) is 0 Å². The number of rotatable bonds is 10. The maximum atomic E-state index is 12.5. The second kappa shape index (κ2) is 11.0. The Morgan fingerprint density at radius 3 is 2.45 bits per heavy atom. The largest absolute Gasteiger partial charge is 0.465 e. The minimum absolute atomic E-state index is 0.131. The van der Waals surface area contributed by atoms with Gasteiger partial charge in [0.1, 0.15) is 11.5 Å². The van der Waals surface area contributed by atoms with Crippen LogP contribution in [0.1, 0.15) is 81.4 Å². The molecule has 1 unspecified atom stereocenters. The van der Waals surface area contributed by atoms with E-state index in [9.17, 15) is 4.79 Å². The van der Waals surface area contributed by atoms with Gasteiger partial charge in [0.25, 0.3) is 0 Å². The molecule has 2 aromatic rings. The summed E-state index contributed by atoms with van der Waals surface area (Å²) in [6.45, 7) is 4.69. The van der Waals surface area contributed by atoms with Crippen LogP contribution in [0.4, 0.5) is 0 Å². The van der Waals surface area contributed by atoms with Crippen LogP contribution in [-0.4, -0.2) is 12.6 Å². The van der Waals surface area contributed by atoms with Crippen molar-refractivity contribution >= 4 is 5.97 Å². The van der Waals surface area contributed by atoms with E-state index in [2.05, 4.69) is 19.1 Å². The highest BCUT2D eigenvalue weighted by Crippen LogP contribution is 2.35. The van der Waals surface area contributed by atoms with Crippen LogP contribution >= 0.6 is 0 Å². The molecule has 0 aliphatic carbocycles. The molecule has 156 valence electrons. The van der Waals surface area contributed by atoms with Crippen molar-refractivity contribution in [1.29, 1.82) is 0 Å². The summed E-state index contributed by atoms with van der Waals surface area (Å²) in [6, 6.07) is 14.3. The third-order valence-corrected chi connectivity index (χ3v) is 5.79. The van der Waals surface area contributed by atoms with Gasteiger partial charge in [-0.05, 0) is 55.0 Å². The maximum absolute atomic E-state index is 12.5. The van der Waals surface area contributed by atoms with E-state index in [1.807, 2.05) is 37.3 Å². The molecule has 0 spiro atoms. The lowest BCUT2D eigenvalue weighted by Gasteiger charge is -2.15. The van der Waals surface area contributed by atoms with Crippen LogP contribution in [0.15, 0.2) is 42.5 Å². The van der Waals surface area contributed by atoms with Crippen molar-refractivity contribution in [1.82, 2.24) is 0 Å². The Bertz CT molecular complexity index is 796. The number of unbranched alkanes of at least 4 members (excludes halogenated alkanes) is 6. The van der Waals surface area contributed by atoms with Gasteiger partial charge in [0.2, 0.25) is 0 Å². The van der Waals surface area contributed by atoms with E-state index < -0.39 is 0 Å². The predicted octanol–water partition coefficient (Wildman–Crippen LogP) is 6.97. The van der Waals surface area contributed by atoms with Gasteiger partial charge < -0.3 is 9.47 Å². The van der Waals surface area contributed by atoms with Gasteiger partial charge in [-0.25, -0.2) is 0 Å². The molecule has 3 heteroatoms. The summed E-state index contributed by atoms with van der Waals surface area (Å²) in [5.74, 6) is 1.44. The van der Waals surface area contributed by atoms with Gasteiger partial charge in [0.05, 0.1) is 12.5 Å². The zero-order chi connectivity index (χ0) is 20.5. The van der Waals surface area contributed by atoms with Gasteiger partial charge in [-0.1, -0.05) is 75.8 Å². The molecule has 1 atom stereocenters. The number of carbonyl (C=O) groups is 1. The first-order valence-corrected chi connectivity index (χ1v) is 11.2. The number of ether oxygens (including phenoxy) is 2. The zero-order valence-corrected chi connectivity index (χ0v) is 17.9. The van der Waals surface area contributed by atoms with Crippen molar-refractivity contribution in [3.05, 3.63) is 59.2 Å². The van der Waals surface area contributed by atoms with Crippen LogP contribution in [0.5, 0.6) is 11.5 Å². The number of esters is 1. The summed E-state index contributed by atoms with van der Waals surface area (Å²) >= 11 is 0. The minimum Gasteiger partial charge on any atom is -0.465 e. The molecule has 0 N–H and O–H groups in total. The second-order valence-electron chi connectivity index (χ2n) is 8.09. The van der Waals surface area contributed by atoms with Gasteiger partial charge in [0.15, 0.2) is 0 Å². The van der Waals surface area contributed by atoms with E-state index in [4.69, 9.17) is 9.47 Å². The Hall–Kier alpha value is -2.29. The molecular formula is C26H34O3. The third kappa shape index (κ3) is 6.09. The Kier molecular flexibility index (Phi) is 8.15. The van der Waals surface area contributed by atoms with Gasteiger partial charge in [-0.15, -0.1) is 0 Å².